The Hall–Kier alpha value is -2.41. The van der Waals surface area contributed by atoms with E-state index in [1.807, 2.05) is 24.3 Å². The molecule has 1 unspecified atom stereocenters. The fraction of sp³-hybridized carbons (Fsp3) is 0.294. The molecule has 24 heavy (non-hydrogen) atoms. The predicted octanol–water partition coefficient (Wildman–Crippen LogP) is 2.43. The van der Waals surface area contributed by atoms with Gasteiger partial charge in [0.1, 0.15) is 0 Å². The van der Waals surface area contributed by atoms with Gasteiger partial charge in [0.25, 0.3) is 11.8 Å². The molecule has 0 N–H and O–H groups in total. The molecule has 1 aromatic rings. The van der Waals surface area contributed by atoms with Gasteiger partial charge in [-0.15, -0.1) is 5.06 Å². The lowest BCUT2D eigenvalue weighted by atomic mass is 9.98. The molecule has 1 aliphatic carbocycles. The number of pyridine rings is 1. The van der Waals surface area contributed by atoms with Gasteiger partial charge < -0.3 is 4.84 Å². The number of rotatable bonds is 4. The van der Waals surface area contributed by atoms with Gasteiger partial charge in [-0.1, -0.05) is 36.1 Å². The zero-order valence-electron chi connectivity index (χ0n) is 13.1. The molecule has 1 atom stereocenters. The molecule has 6 nitrogen and oxygen atoms in total. The van der Waals surface area contributed by atoms with Gasteiger partial charge in [-0.2, -0.15) is 0 Å². The van der Waals surface area contributed by atoms with E-state index in [1.54, 1.807) is 30.1 Å². The van der Waals surface area contributed by atoms with Gasteiger partial charge in [0.2, 0.25) is 0 Å². The maximum atomic E-state index is 12.1. The van der Waals surface area contributed by atoms with Crippen LogP contribution in [0.4, 0.5) is 0 Å². The van der Waals surface area contributed by atoms with Crippen LogP contribution >= 0.6 is 11.8 Å². The second-order valence-electron chi connectivity index (χ2n) is 5.74. The number of nitrogens with zero attached hydrogens (tertiary/aromatic N) is 2. The maximum absolute atomic E-state index is 12.1. The summed E-state index contributed by atoms with van der Waals surface area (Å²) in [7, 11) is 0. The van der Waals surface area contributed by atoms with E-state index < -0.39 is 17.8 Å². The van der Waals surface area contributed by atoms with Crippen LogP contribution in [0.5, 0.6) is 0 Å². The van der Waals surface area contributed by atoms with Gasteiger partial charge in [0.15, 0.2) is 0 Å². The average Bonchev–Trinajstić information content (AvgIpc) is 2.88. The monoisotopic (exact) mass is 344 g/mol. The Balaban J connectivity index is 1.63. The normalized spacial score (nSPS) is 23.4. The molecular formula is C17H16N2O4S. The van der Waals surface area contributed by atoms with E-state index >= 15 is 0 Å². The minimum atomic E-state index is -0.695. The molecular weight excluding hydrogens is 328 g/mol. The van der Waals surface area contributed by atoms with Crippen LogP contribution in [0.2, 0.25) is 0 Å². The first-order valence-corrected chi connectivity index (χ1v) is 8.36. The maximum Gasteiger partial charge on any atom is 0.363 e. The van der Waals surface area contributed by atoms with Gasteiger partial charge in [-0.25, -0.2) is 9.78 Å². The van der Waals surface area contributed by atoms with Crippen LogP contribution in [0, 0.1) is 0 Å². The van der Waals surface area contributed by atoms with Crippen molar-refractivity contribution in [3.05, 3.63) is 48.2 Å². The number of amides is 2. The lowest BCUT2D eigenvalue weighted by Gasteiger charge is -2.26. The van der Waals surface area contributed by atoms with E-state index in [9.17, 15) is 14.4 Å². The summed E-state index contributed by atoms with van der Waals surface area (Å²) in [5, 5.41) is 1.46. The SMILES string of the molecule is CC1(Sc2ccccn2)C=CC(C(=O)ON2C(=O)CCC2=O)=CC1. The van der Waals surface area contributed by atoms with Crippen molar-refractivity contribution < 1.29 is 19.2 Å². The molecule has 7 heteroatoms. The fourth-order valence-electron chi connectivity index (χ4n) is 2.38. The van der Waals surface area contributed by atoms with E-state index in [4.69, 9.17) is 4.84 Å². The predicted molar refractivity (Wildman–Crippen MR) is 87.5 cm³/mol. The third-order valence-electron chi connectivity index (χ3n) is 3.73. The fourth-order valence-corrected chi connectivity index (χ4v) is 3.42. The van der Waals surface area contributed by atoms with E-state index in [-0.39, 0.29) is 17.6 Å². The number of aromatic nitrogens is 1. The van der Waals surface area contributed by atoms with Gasteiger partial charge >= 0.3 is 5.97 Å². The van der Waals surface area contributed by atoms with Crippen molar-refractivity contribution in [3.63, 3.8) is 0 Å². The van der Waals surface area contributed by atoms with Crippen molar-refractivity contribution in [1.29, 1.82) is 0 Å². The van der Waals surface area contributed by atoms with Crippen LogP contribution in [0.25, 0.3) is 0 Å². The first kappa shape index (κ1) is 16.4. The largest absolute Gasteiger partial charge is 0.363 e. The molecule has 1 saturated heterocycles. The first-order chi connectivity index (χ1) is 11.5. The minimum absolute atomic E-state index is 0.0831. The number of carbonyl (C=O) groups is 3. The van der Waals surface area contributed by atoms with Crippen molar-refractivity contribution in [2.45, 2.75) is 36.0 Å². The van der Waals surface area contributed by atoms with Crippen LogP contribution in [0.3, 0.4) is 0 Å². The topological polar surface area (TPSA) is 76.6 Å². The number of carbonyl (C=O) groups excluding carboxylic acids is 3. The van der Waals surface area contributed by atoms with Crippen molar-refractivity contribution in [3.8, 4) is 0 Å². The van der Waals surface area contributed by atoms with Crippen LogP contribution in [-0.2, 0) is 19.2 Å². The molecule has 124 valence electrons. The van der Waals surface area contributed by atoms with Crippen molar-refractivity contribution >= 4 is 29.5 Å². The van der Waals surface area contributed by atoms with Crippen molar-refractivity contribution in [2.24, 2.45) is 0 Å². The highest BCUT2D eigenvalue weighted by Crippen LogP contribution is 2.38. The third-order valence-corrected chi connectivity index (χ3v) is 4.95. The summed E-state index contributed by atoms with van der Waals surface area (Å²) in [6.45, 7) is 2.05. The molecule has 3 rings (SSSR count). The molecule has 0 radical (unpaired) electrons. The van der Waals surface area contributed by atoms with E-state index in [0.29, 0.717) is 17.1 Å². The molecule has 0 aromatic carbocycles. The zero-order valence-corrected chi connectivity index (χ0v) is 13.9. The standard InChI is InChI=1S/C17H16N2O4S/c1-17(24-13-4-2-3-11-18-13)9-7-12(8-10-17)16(22)23-19-14(20)5-6-15(19)21/h2-4,7-9,11H,5-6,10H2,1H3. The molecule has 1 fully saturated rings. The summed E-state index contributed by atoms with van der Waals surface area (Å²) in [4.78, 5) is 44.3. The summed E-state index contributed by atoms with van der Waals surface area (Å²) in [5.41, 5.74) is 0.335. The zero-order chi connectivity index (χ0) is 17.2. The Morgan fingerprint density at radius 1 is 1.29 bits per heavy atom. The van der Waals surface area contributed by atoms with Crippen LogP contribution < -0.4 is 0 Å². The molecule has 2 heterocycles. The Morgan fingerprint density at radius 2 is 2.04 bits per heavy atom. The second kappa shape index (κ2) is 6.60. The smallest absolute Gasteiger partial charge is 0.325 e. The third kappa shape index (κ3) is 3.56. The molecule has 0 saturated carbocycles. The lowest BCUT2D eigenvalue weighted by Crippen LogP contribution is -2.33. The molecule has 2 amide bonds. The summed E-state index contributed by atoms with van der Waals surface area (Å²) < 4.78 is -0.225. The highest BCUT2D eigenvalue weighted by Gasteiger charge is 2.34. The number of thioether (sulfide) groups is 1. The van der Waals surface area contributed by atoms with Gasteiger partial charge in [0.05, 0.1) is 10.6 Å². The summed E-state index contributed by atoms with van der Waals surface area (Å²) >= 11 is 1.60. The summed E-state index contributed by atoms with van der Waals surface area (Å²) in [6.07, 6.45) is 7.84. The highest BCUT2D eigenvalue weighted by atomic mass is 32.2. The Bertz CT molecular complexity index is 728. The number of hydrogen-bond donors (Lipinski definition) is 0. The Morgan fingerprint density at radius 3 is 2.62 bits per heavy atom. The van der Waals surface area contributed by atoms with Crippen LogP contribution in [0.1, 0.15) is 26.2 Å². The molecule has 0 spiro atoms. The van der Waals surface area contributed by atoms with Crippen LogP contribution in [-0.4, -0.2) is 32.6 Å². The van der Waals surface area contributed by atoms with E-state index in [0.717, 1.165) is 5.03 Å². The van der Waals surface area contributed by atoms with Crippen molar-refractivity contribution in [2.75, 3.05) is 0 Å². The number of imide groups is 1. The Labute approximate surface area is 143 Å². The second-order valence-corrected chi connectivity index (χ2v) is 7.30. The van der Waals surface area contributed by atoms with Crippen molar-refractivity contribution in [1.82, 2.24) is 10.0 Å². The lowest BCUT2D eigenvalue weighted by molar-refractivity contribution is -0.194. The van der Waals surface area contributed by atoms with Gasteiger partial charge in [0, 0.05) is 23.8 Å². The van der Waals surface area contributed by atoms with E-state index in [1.165, 1.54) is 0 Å². The summed E-state index contributed by atoms with van der Waals surface area (Å²) in [6, 6.07) is 5.72. The van der Waals surface area contributed by atoms with Crippen LogP contribution in [0.15, 0.2) is 53.2 Å². The molecule has 2 aliphatic rings. The van der Waals surface area contributed by atoms with Gasteiger partial charge in [-0.05, 0) is 25.5 Å². The Kier molecular flexibility index (Phi) is 4.53. The quantitative estimate of drug-likeness (QED) is 0.781. The highest BCUT2D eigenvalue weighted by molar-refractivity contribution is 8.00. The molecule has 1 aromatic heterocycles. The average molecular weight is 344 g/mol. The van der Waals surface area contributed by atoms with Gasteiger partial charge in [-0.3, -0.25) is 9.59 Å². The minimum Gasteiger partial charge on any atom is -0.325 e. The first-order valence-electron chi connectivity index (χ1n) is 7.54. The number of hydrogen-bond acceptors (Lipinski definition) is 6. The molecule has 1 aliphatic heterocycles. The number of allylic oxidation sites excluding steroid dienone is 1. The summed E-state index contributed by atoms with van der Waals surface area (Å²) in [5.74, 6) is -1.66. The van der Waals surface area contributed by atoms with E-state index in [2.05, 4.69) is 11.9 Å². The number of hydroxylamine groups is 2. The molecule has 0 bridgehead atoms.